The van der Waals surface area contributed by atoms with Gasteiger partial charge in [-0.3, -0.25) is 0 Å². The van der Waals surface area contributed by atoms with Crippen molar-refractivity contribution in [1.82, 2.24) is 0 Å². The van der Waals surface area contributed by atoms with Crippen molar-refractivity contribution in [3.05, 3.63) is 35.9 Å². The Hall–Kier alpha value is -0.820. The van der Waals surface area contributed by atoms with Gasteiger partial charge in [0, 0.05) is 0 Å². The summed E-state index contributed by atoms with van der Waals surface area (Å²) in [6, 6.07) is 10.3. The van der Waals surface area contributed by atoms with Crippen molar-refractivity contribution in [1.29, 1.82) is 0 Å². The first-order valence-corrected chi connectivity index (χ1v) is 5.53. The van der Waals surface area contributed by atoms with Crippen molar-refractivity contribution < 1.29 is 0 Å². The zero-order valence-corrected chi connectivity index (χ0v) is 10.7. The molecule has 2 N–H and O–H groups in total. The molecule has 0 bridgehead atoms. The second-order valence-electron chi connectivity index (χ2n) is 2.06. The summed E-state index contributed by atoms with van der Waals surface area (Å²) in [5.74, 6) is 0. The highest BCUT2D eigenvalue weighted by Gasteiger charge is 1.72. The average molecular weight is 197 g/mol. The van der Waals surface area contributed by atoms with Crippen LogP contribution in [0.1, 0.15) is 40.2 Å². The van der Waals surface area contributed by atoms with Crippen LogP contribution in [0, 0.1) is 6.92 Å². The van der Waals surface area contributed by atoms with E-state index in [1.165, 1.54) is 5.56 Å². The van der Waals surface area contributed by atoms with Crippen LogP contribution in [0.5, 0.6) is 0 Å². The first-order chi connectivity index (χ1) is 6.81. The summed E-state index contributed by atoms with van der Waals surface area (Å²) < 4.78 is 0. The molecule has 0 aliphatic rings. The van der Waals surface area contributed by atoms with Gasteiger partial charge >= 0.3 is 0 Å². The van der Waals surface area contributed by atoms with Gasteiger partial charge in [-0.1, -0.05) is 70.5 Å². The fourth-order valence-electron chi connectivity index (χ4n) is 0.534. The average Bonchev–Trinajstić information content (AvgIpc) is 2.26. The first-order valence-electron chi connectivity index (χ1n) is 5.53. The van der Waals surface area contributed by atoms with Gasteiger partial charge in [0.05, 0.1) is 0 Å². The number of aryl methyl sites for hydroxylation is 1. The Labute approximate surface area is 90.3 Å². The molecule has 0 saturated heterocycles. The van der Waals surface area contributed by atoms with E-state index in [0.29, 0.717) is 0 Å². The molecule has 84 valence electrons. The molecule has 0 amide bonds. The normalized spacial score (nSPS) is 6.50. The van der Waals surface area contributed by atoms with E-state index in [9.17, 15) is 0 Å². The molecular weight excluding hydrogens is 170 g/mol. The largest absolute Gasteiger partial charge is 0.331 e. The molecule has 0 heterocycles. The summed E-state index contributed by atoms with van der Waals surface area (Å²) in [5, 5.41) is 0. The molecule has 0 spiro atoms. The van der Waals surface area contributed by atoms with Crippen molar-refractivity contribution >= 4 is 0 Å². The summed E-state index contributed by atoms with van der Waals surface area (Å²) in [6.07, 6.45) is 0. The standard InChI is InChI=1S/C7H8.C2H7N.2C2H6/c1-7-5-3-2-4-6-7;1-2-3;2*1-2/h2-6H,1H3;2-3H2,1H3;2*1-2H3. The lowest BCUT2D eigenvalue weighted by Gasteiger charge is -1.82. The SMILES string of the molecule is CC.CC.CCN.Cc1ccccc1. The van der Waals surface area contributed by atoms with Gasteiger partial charge in [0.2, 0.25) is 0 Å². The quantitative estimate of drug-likeness (QED) is 0.668. The predicted molar refractivity (Wildman–Crippen MR) is 68.6 cm³/mol. The monoisotopic (exact) mass is 197 g/mol. The molecule has 0 aliphatic heterocycles. The Bertz CT molecular complexity index is 147. The third kappa shape index (κ3) is 22.5. The Morgan fingerprint density at radius 3 is 1.36 bits per heavy atom. The number of hydrogen-bond acceptors (Lipinski definition) is 1. The number of rotatable bonds is 0. The molecule has 1 aromatic carbocycles. The fourth-order valence-corrected chi connectivity index (χ4v) is 0.534. The van der Waals surface area contributed by atoms with Crippen LogP contribution in [0.3, 0.4) is 0 Å². The number of benzene rings is 1. The molecular formula is C13H27N. The van der Waals surface area contributed by atoms with E-state index in [2.05, 4.69) is 19.1 Å². The van der Waals surface area contributed by atoms with E-state index < -0.39 is 0 Å². The molecule has 1 nitrogen and oxygen atoms in total. The van der Waals surface area contributed by atoms with Gasteiger partial charge in [-0.05, 0) is 13.5 Å². The molecule has 0 radical (unpaired) electrons. The third-order valence-corrected chi connectivity index (χ3v) is 0.940. The van der Waals surface area contributed by atoms with Gasteiger partial charge in [0.15, 0.2) is 0 Å². The summed E-state index contributed by atoms with van der Waals surface area (Å²) in [6.45, 7) is 12.7. The zero-order chi connectivity index (χ0) is 11.8. The van der Waals surface area contributed by atoms with Crippen molar-refractivity contribution in [2.24, 2.45) is 5.73 Å². The number of nitrogens with two attached hydrogens (primary N) is 1. The smallest absolute Gasteiger partial charge is 0.0106 e. The minimum atomic E-state index is 0.750. The van der Waals surface area contributed by atoms with Gasteiger partial charge in [-0.25, -0.2) is 0 Å². The van der Waals surface area contributed by atoms with Gasteiger partial charge < -0.3 is 5.73 Å². The highest BCUT2D eigenvalue weighted by atomic mass is 14.5. The van der Waals surface area contributed by atoms with E-state index in [0.717, 1.165) is 6.54 Å². The van der Waals surface area contributed by atoms with Crippen LogP contribution in [-0.2, 0) is 0 Å². The molecule has 0 aliphatic carbocycles. The van der Waals surface area contributed by atoms with E-state index >= 15 is 0 Å². The molecule has 0 atom stereocenters. The Balaban J connectivity index is -0.000000148. The van der Waals surface area contributed by atoms with E-state index in [4.69, 9.17) is 5.73 Å². The molecule has 14 heavy (non-hydrogen) atoms. The molecule has 0 unspecified atom stereocenters. The minimum absolute atomic E-state index is 0.750. The van der Waals surface area contributed by atoms with Crippen molar-refractivity contribution in [2.45, 2.75) is 41.5 Å². The fraction of sp³-hybridized carbons (Fsp3) is 0.538. The predicted octanol–water partition coefficient (Wildman–Crippen LogP) is 4.01. The van der Waals surface area contributed by atoms with Crippen LogP contribution in [-0.4, -0.2) is 6.54 Å². The van der Waals surface area contributed by atoms with E-state index in [1.54, 1.807) is 0 Å². The van der Waals surface area contributed by atoms with Gasteiger partial charge in [-0.2, -0.15) is 0 Å². The van der Waals surface area contributed by atoms with Crippen LogP contribution < -0.4 is 5.73 Å². The third-order valence-electron chi connectivity index (χ3n) is 0.940. The van der Waals surface area contributed by atoms with Crippen LogP contribution >= 0.6 is 0 Å². The maximum Gasteiger partial charge on any atom is -0.0106 e. The Kier molecular flexibility index (Phi) is 30.7. The van der Waals surface area contributed by atoms with E-state index in [1.807, 2.05) is 52.8 Å². The summed E-state index contributed by atoms with van der Waals surface area (Å²) >= 11 is 0. The van der Waals surface area contributed by atoms with Crippen LogP contribution in [0.2, 0.25) is 0 Å². The molecule has 0 fully saturated rings. The van der Waals surface area contributed by atoms with Crippen molar-refractivity contribution in [3.8, 4) is 0 Å². The first kappa shape index (κ1) is 18.9. The van der Waals surface area contributed by atoms with Crippen molar-refractivity contribution in [2.75, 3.05) is 6.54 Å². The topological polar surface area (TPSA) is 26.0 Å². The lowest BCUT2D eigenvalue weighted by atomic mass is 10.2. The summed E-state index contributed by atoms with van der Waals surface area (Å²) in [4.78, 5) is 0. The van der Waals surface area contributed by atoms with Crippen molar-refractivity contribution in [3.63, 3.8) is 0 Å². The second-order valence-corrected chi connectivity index (χ2v) is 2.06. The maximum atomic E-state index is 4.85. The van der Waals surface area contributed by atoms with Gasteiger partial charge in [0.1, 0.15) is 0 Å². The summed E-state index contributed by atoms with van der Waals surface area (Å²) in [5.41, 5.74) is 6.17. The number of hydrogen-bond donors (Lipinski definition) is 1. The van der Waals surface area contributed by atoms with Crippen LogP contribution in [0.15, 0.2) is 30.3 Å². The van der Waals surface area contributed by atoms with E-state index in [-0.39, 0.29) is 0 Å². The minimum Gasteiger partial charge on any atom is -0.331 e. The zero-order valence-electron chi connectivity index (χ0n) is 10.7. The highest BCUT2D eigenvalue weighted by molar-refractivity contribution is 5.11. The Morgan fingerprint density at radius 2 is 1.21 bits per heavy atom. The molecule has 1 rings (SSSR count). The molecule has 1 aromatic rings. The summed E-state index contributed by atoms with van der Waals surface area (Å²) in [7, 11) is 0. The van der Waals surface area contributed by atoms with Gasteiger partial charge in [0.25, 0.3) is 0 Å². The molecule has 1 heteroatoms. The molecule has 0 aromatic heterocycles. The Morgan fingerprint density at radius 1 is 0.929 bits per heavy atom. The van der Waals surface area contributed by atoms with Crippen LogP contribution in [0.25, 0.3) is 0 Å². The lowest BCUT2D eigenvalue weighted by molar-refractivity contribution is 1.14. The highest BCUT2D eigenvalue weighted by Crippen LogP contribution is 1.92. The molecule has 0 saturated carbocycles. The maximum absolute atomic E-state index is 4.85. The van der Waals surface area contributed by atoms with Crippen LogP contribution in [0.4, 0.5) is 0 Å². The lowest BCUT2D eigenvalue weighted by Crippen LogP contribution is -1.87. The second kappa shape index (κ2) is 22.8. The van der Waals surface area contributed by atoms with Gasteiger partial charge in [-0.15, -0.1) is 0 Å².